The summed E-state index contributed by atoms with van der Waals surface area (Å²) in [6, 6.07) is 47.6. The van der Waals surface area contributed by atoms with Gasteiger partial charge in [0.25, 0.3) is 0 Å². The number of allylic oxidation sites excluding steroid dienone is 10. The van der Waals surface area contributed by atoms with Gasteiger partial charge < -0.3 is 4.57 Å². The molecule has 0 spiro atoms. The smallest absolute Gasteiger partial charge is 0.0547 e. The Labute approximate surface area is 318 Å². The number of nitrogens with zero attached hydrogens (tertiary/aromatic N) is 1. The molecule has 11 rings (SSSR count). The van der Waals surface area contributed by atoms with Crippen molar-refractivity contribution in [1.29, 1.82) is 0 Å². The van der Waals surface area contributed by atoms with Crippen molar-refractivity contribution >= 4 is 38.2 Å². The van der Waals surface area contributed by atoms with Crippen LogP contribution in [0.4, 0.5) is 0 Å². The predicted octanol–water partition coefficient (Wildman–Crippen LogP) is 14.2. The van der Waals surface area contributed by atoms with Gasteiger partial charge in [0.05, 0.1) is 11.0 Å². The van der Waals surface area contributed by atoms with Gasteiger partial charge in [-0.3, -0.25) is 0 Å². The van der Waals surface area contributed by atoms with Crippen molar-refractivity contribution in [2.45, 2.75) is 44.9 Å². The number of rotatable bonds is 4. The topological polar surface area (TPSA) is 4.93 Å². The first-order valence-corrected chi connectivity index (χ1v) is 20.0. The lowest BCUT2D eigenvalue weighted by Gasteiger charge is -2.29. The molecule has 4 aliphatic carbocycles. The van der Waals surface area contributed by atoms with Gasteiger partial charge in [-0.2, -0.15) is 0 Å². The Bertz CT molecular complexity index is 2790. The van der Waals surface area contributed by atoms with Gasteiger partial charge in [-0.05, 0) is 142 Å². The minimum absolute atomic E-state index is 0.429. The molecule has 54 heavy (non-hydrogen) atoms. The molecule has 0 radical (unpaired) electrons. The van der Waals surface area contributed by atoms with Crippen LogP contribution in [0.2, 0.25) is 0 Å². The predicted molar refractivity (Wildman–Crippen MR) is 229 cm³/mol. The fraction of sp³-hybridized carbons (Fsp3) is 0.170. The molecule has 1 heterocycles. The van der Waals surface area contributed by atoms with Crippen LogP contribution in [-0.4, -0.2) is 4.57 Å². The number of aromatic nitrogens is 1. The maximum absolute atomic E-state index is 2.59. The molecule has 1 nitrogen and oxygen atoms in total. The standard InChI is InChI=1S/C53H43N/c1-2-12-35(13-3-1)40-27-30-49-51(34-40)54(43-19-10-18-41(33-43)45-23-11-17-37-15-6-7-20-44(37)45)50-31-28-38-26-29-46(42-25-24-36-14-4-5-16-39(36)32-42)47-21-8-9-22-48(47)52(38)53(49)50/h1-3,5-8,10-13,15-21,23,25,27-28,30-34,36,46H,4,9,14,22,24,26,29H2/t36?,46-/m1/s1. The molecule has 7 aromatic rings. The third-order valence-corrected chi connectivity index (χ3v) is 12.8. The van der Waals surface area contributed by atoms with Crippen LogP contribution < -0.4 is 0 Å². The summed E-state index contributed by atoms with van der Waals surface area (Å²) in [4.78, 5) is 0. The summed E-state index contributed by atoms with van der Waals surface area (Å²) in [5, 5.41) is 5.30. The summed E-state index contributed by atoms with van der Waals surface area (Å²) in [5.74, 6) is 1.13. The van der Waals surface area contributed by atoms with Crippen LogP contribution in [0, 0.1) is 11.8 Å². The lowest BCUT2D eigenvalue weighted by Crippen LogP contribution is -2.15. The Morgan fingerprint density at radius 1 is 0.574 bits per heavy atom. The lowest BCUT2D eigenvalue weighted by atomic mass is 9.75. The normalized spacial score (nSPS) is 19.3. The highest BCUT2D eigenvalue weighted by atomic mass is 15.0. The van der Waals surface area contributed by atoms with E-state index < -0.39 is 0 Å². The van der Waals surface area contributed by atoms with Gasteiger partial charge in [-0.1, -0.05) is 140 Å². The highest BCUT2D eigenvalue weighted by molar-refractivity contribution is 6.15. The third kappa shape index (κ3) is 5.13. The van der Waals surface area contributed by atoms with Crippen LogP contribution in [0.15, 0.2) is 181 Å². The van der Waals surface area contributed by atoms with Crippen LogP contribution in [0.5, 0.6) is 0 Å². The van der Waals surface area contributed by atoms with E-state index in [1.807, 2.05) is 0 Å². The van der Waals surface area contributed by atoms with Crippen molar-refractivity contribution in [1.82, 2.24) is 4.57 Å². The first-order valence-electron chi connectivity index (χ1n) is 20.0. The maximum atomic E-state index is 2.59. The Balaban J connectivity index is 1.15. The van der Waals surface area contributed by atoms with E-state index in [1.165, 1.54) is 96.5 Å². The Morgan fingerprint density at radius 3 is 2.39 bits per heavy atom. The number of hydrogen-bond acceptors (Lipinski definition) is 0. The van der Waals surface area contributed by atoms with Gasteiger partial charge in [0.2, 0.25) is 0 Å². The van der Waals surface area contributed by atoms with Crippen molar-refractivity contribution in [3.05, 3.63) is 192 Å². The molecular formula is C53H43N. The van der Waals surface area contributed by atoms with E-state index >= 15 is 0 Å². The second-order valence-corrected chi connectivity index (χ2v) is 15.7. The summed E-state index contributed by atoms with van der Waals surface area (Å²) in [6.45, 7) is 0. The molecule has 1 heteroatoms. The van der Waals surface area contributed by atoms with E-state index in [0.29, 0.717) is 11.8 Å². The average molecular weight is 694 g/mol. The first kappa shape index (κ1) is 31.6. The fourth-order valence-electron chi connectivity index (χ4n) is 10.2. The summed E-state index contributed by atoms with van der Waals surface area (Å²) in [7, 11) is 0. The second-order valence-electron chi connectivity index (χ2n) is 15.7. The molecule has 0 saturated carbocycles. The van der Waals surface area contributed by atoms with Crippen LogP contribution in [0.3, 0.4) is 0 Å². The Hall–Kier alpha value is -5.92. The van der Waals surface area contributed by atoms with Crippen molar-refractivity contribution in [2.75, 3.05) is 0 Å². The summed E-state index contributed by atoms with van der Waals surface area (Å²) in [6.07, 6.45) is 23.0. The van der Waals surface area contributed by atoms with Crippen molar-refractivity contribution in [3.63, 3.8) is 0 Å². The summed E-state index contributed by atoms with van der Waals surface area (Å²) < 4.78 is 2.55. The van der Waals surface area contributed by atoms with Gasteiger partial charge >= 0.3 is 0 Å². The zero-order valence-corrected chi connectivity index (χ0v) is 30.6. The Morgan fingerprint density at radius 2 is 1.43 bits per heavy atom. The van der Waals surface area contributed by atoms with Gasteiger partial charge in [0, 0.05) is 22.4 Å². The largest absolute Gasteiger partial charge is 0.309 e. The van der Waals surface area contributed by atoms with Gasteiger partial charge in [0.15, 0.2) is 0 Å². The molecule has 0 fully saturated rings. The number of hydrogen-bond donors (Lipinski definition) is 0. The second kappa shape index (κ2) is 12.9. The van der Waals surface area contributed by atoms with Crippen LogP contribution >= 0.6 is 0 Å². The van der Waals surface area contributed by atoms with Gasteiger partial charge in [-0.15, -0.1) is 0 Å². The molecule has 1 aromatic heterocycles. The molecular weight excluding hydrogens is 651 g/mol. The molecule has 6 aromatic carbocycles. The van der Waals surface area contributed by atoms with Crippen LogP contribution in [-0.2, 0) is 6.42 Å². The minimum Gasteiger partial charge on any atom is -0.309 e. The van der Waals surface area contributed by atoms with Crippen molar-refractivity contribution in [2.24, 2.45) is 11.8 Å². The van der Waals surface area contributed by atoms with Crippen molar-refractivity contribution in [3.8, 4) is 27.9 Å². The highest BCUT2D eigenvalue weighted by Gasteiger charge is 2.31. The van der Waals surface area contributed by atoms with Crippen LogP contribution in [0.25, 0.3) is 66.1 Å². The molecule has 4 aliphatic rings. The average Bonchev–Trinajstić information content (AvgIpc) is 3.47. The summed E-state index contributed by atoms with van der Waals surface area (Å²) in [5.41, 5.74) is 18.0. The number of benzene rings is 6. The van der Waals surface area contributed by atoms with Crippen LogP contribution in [0.1, 0.15) is 49.7 Å². The lowest BCUT2D eigenvalue weighted by molar-refractivity contribution is 0.551. The molecule has 0 aliphatic heterocycles. The van der Waals surface area contributed by atoms with Gasteiger partial charge in [0.1, 0.15) is 0 Å². The quantitative estimate of drug-likeness (QED) is 0.173. The maximum Gasteiger partial charge on any atom is 0.0547 e. The zero-order valence-electron chi connectivity index (χ0n) is 30.6. The van der Waals surface area contributed by atoms with E-state index in [9.17, 15) is 0 Å². The third-order valence-electron chi connectivity index (χ3n) is 12.8. The van der Waals surface area contributed by atoms with E-state index in [2.05, 4.69) is 168 Å². The number of aryl methyl sites for hydroxylation is 1. The Kier molecular flexibility index (Phi) is 7.54. The molecule has 0 bridgehead atoms. The van der Waals surface area contributed by atoms with E-state index in [4.69, 9.17) is 0 Å². The van der Waals surface area contributed by atoms with Gasteiger partial charge in [-0.25, -0.2) is 0 Å². The molecule has 260 valence electrons. The SMILES string of the molecule is C1=CC2=C(CC1)c1c(ccc3c1c1ccc(-c4ccccc4)cc1n3-c1cccc(-c3cccc4ccccc34)c1)CC[C@@H]2C1=CCC2CCC=CC2=C1. The molecule has 0 N–H and O–H groups in total. The van der Waals surface area contributed by atoms with E-state index in [0.717, 1.165) is 25.7 Å². The van der Waals surface area contributed by atoms with Crippen molar-refractivity contribution < 1.29 is 0 Å². The highest BCUT2D eigenvalue weighted by Crippen LogP contribution is 2.49. The van der Waals surface area contributed by atoms with E-state index in [-0.39, 0.29) is 0 Å². The minimum atomic E-state index is 0.429. The molecule has 2 atom stereocenters. The van der Waals surface area contributed by atoms with E-state index in [1.54, 1.807) is 16.7 Å². The molecule has 1 unspecified atom stereocenters. The summed E-state index contributed by atoms with van der Waals surface area (Å²) >= 11 is 0. The fourth-order valence-corrected chi connectivity index (χ4v) is 10.2. The molecule has 0 saturated heterocycles. The first-order chi connectivity index (χ1) is 26.8. The monoisotopic (exact) mass is 693 g/mol. The zero-order chi connectivity index (χ0) is 35.6. The number of fused-ring (bicyclic) bond motifs is 8. The molecule has 0 amide bonds.